The molecule has 3 unspecified atom stereocenters. The second-order valence-corrected chi connectivity index (χ2v) is 18.5. The minimum Gasteiger partial charge on any atom is -0.394 e. The first-order valence-corrected chi connectivity index (χ1v) is 26.9. The standard InChI is InChI=1S/C56H105NO4/c1-3-5-7-9-11-13-15-17-19-21-23-25-27-29-31-33-35-37-39-41-43-45-47-49-53(59)51-56(61)57-54(52-58)55(60)50-48-46-44-42-40-38-36-34-32-30-28-26-24-22-20-18-16-14-12-10-8-6-4-2/h29,31-32,34,40,42,48,50,53-55,58-60H,3-28,30,33,35-39,41,43-47,49,51-52H2,1-2H3,(H,57,61)/b31-29-,34-32+,42-40+,50-48+. The highest BCUT2D eigenvalue weighted by molar-refractivity contribution is 5.76. The molecule has 3 atom stereocenters. The van der Waals surface area contributed by atoms with Crippen molar-refractivity contribution in [2.24, 2.45) is 0 Å². The molecule has 0 fully saturated rings. The molecule has 0 aliphatic rings. The molecule has 0 aromatic heterocycles. The average molecular weight is 856 g/mol. The molecule has 0 aliphatic carbocycles. The summed E-state index contributed by atoms with van der Waals surface area (Å²) in [7, 11) is 0. The van der Waals surface area contributed by atoms with Gasteiger partial charge in [-0.2, -0.15) is 0 Å². The van der Waals surface area contributed by atoms with E-state index in [1.165, 1.54) is 212 Å². The van der Waals surface area contributed by atoms with Gasteiger partial charge in [0.2, 0.25) is 5.91 Å². The third-order valence-corrected chi connectivity index (χ3v) is 12.3. The van der Waals surface area contributed by atoms with Crippen LogP contribution in [0.25, 0.3) is 0 Å². The molecule has 0 spiro atoms. The number of aliphatic hydroxyl groups is 3. The summed E-state index contributed by atoms with van der Waals surface area (Å²) in [5.74, 6) is -0.330. The average Bonchev–Trinajstić information content (AvgIpc) is 3.25. The van der Waals surface area contributed by atoms with E-state index in [0.717, 1.165) is 38.5 Å². The minimum absolute atomic E-state index is 0.000810. The third-order valence-electron chi connectivity index (χ3n) is 12.3. The maximum Gasteiger partial charge on any atom is 0.222 e. The molecular formula is C56H105NO4. The van der Waals surface area contributed by atoms with Crippen molar-refractivity contribution in [3.05, 3.63) is 48.6 Å². The van der Waals surface area contributed by atoms with Gasteiger partial charge >= 0.3 is 0 Å². The molecule has 4 N–H and O–H groups in total. The van der Waals surface area contributed by atoms with Crippen molar-refractivity contribution in [3.63, 3.8) is 0 Å². The highest BCUT2D eigenvalue weighted by atomic mass is 16.3. The molecule has 5 nitrogen and oxygen atoms in total. The third kappa shape index (κ3) is 47.6. The lowest BCUT2D eigenvalue weighted by atomic mass is 10.0. The van der Waals surface area contributed by atoms with Crippen LogP contribution in [0.4, 0.5) is 0 Å². The van der Waals surface area contributed by atoms with Gasteiger partial charge in [0.25, 0.3) is 0 Å². The van der Waals surface area contributed by atoms with E-state index >= 15 is 0 Å². The molecule has 0 saturated carbocycles. The Balaban J connectivity index is 3.67. The predicted octanol–water partition coefficient (Wildman–Crippen LogP) is 16.4. The number of aliphatic hydroxyl groups excluding tert-OH is 3. The first-order valence-electron chi connectivity index (χ1n) is 26.9. The summed E-state index contributed by atoms with van der Waals surface area (Å²) in [6.07, 6.45) is 67.2. The monoisotopic (exact) mass is 856 g/mol. The first kappa shape index (κ1) is 59.3. The van der Waals surface area contributed by atoms with Crippen LogP contribution in [0.15, 0.2) is 48.6 Å². The van der Waals surface area contributed by atoms with Crippen LogP contribution < -0.4 is 5.32 Å². The van der Waals surface area contributed by atoms with Crippen LogP contribution in [0.3, 0.4) is 0 Å². The van der Waals surface area contributed by atoms with Crippen LogP contribution in [0, 0.1) is 0 Å². The topological polar surface area (TPSA) is 89.8 Å². The molecule has 358 valence electrons. The summed E-state index contributed by atoms with van der Waals surface area (Å²) in [4.78, 5) is 12.5. The number of hydrogen-bond donors (Lipinski definition) is 4. The van der Waals surface area contributed by atoms with E-state index in [4.69, 9.17) is 0 Å². The number of allylic oxidation sites excluding steroid dienone is 7. The van der Waals surface area contributed by atoms with E-state index in [1.807, 2.05) is 6.08 Å². The fourth-order valence-electron chi connectivity index (χ4n) is 8.19. The quantitative estimate of drug-likeness (QED) is 0.0362. The lowest BCUT2D eigenvalue weighted by Crippen LogP contribution is -2.45. The van der Waals surface area contributed by atoms with Crippen LogP contribution in [0.1, 0.15) is 277 Å². The summed E-state index contributed by atoms with van der Waals surface area (Å²) in [5, 5.41) is 33.4. The van der Waals surface area contributed by atoms with Gasteiger partial charge in [0, 0.05) is 0 Å². The van der Waals surface area contributed by atoms with Gasteiger partial charge in [-0.1, -0.05) is 249 Å². The Morgan fingerprint density at radius 2 is 0.705 bits per heavy atom. The molecule has 0 aliphatic heterocycles. The largest absolute Gasteiger partial charge is 0.394 e. The molecule has 0 radical (unpaired) electrons. The second-order valence-electron chi connectivity index (χ2n) is 18.5. The Morgan fingerprint density at radius 1 is 0.410 bits per heavy atom. The summed E-state index contributed by atoms with van der Waals surface area (Å²) in [6, 6.07) is -0.771. The van der Waals surface area contributed by atoms with Gasteiger partial charge in [0.15, 0.2) is 0 Å². The number of nitrogens with one attached hydrogen (secondary N) is 1. The highest BCUT2D eigenvalue weighted by Crippen LogP contribution is 2.16. The van der Waals surface area contributed by atoms with Crippen LogP contribution in [-0.2, 0) is 4.79 Å². The lowest BCUT2D eigenvalue weighted by molar-refractivity contribution is -0.124. The summed E-state index contributed by atoms with van der Waals surface area (Å²) >= 11 is 0. The highest BCUT2D eigenvalue weighted by Gasteiger charge is 2.20. The molecular weight excluding hydrogens is 751 g/mol. The Bertz CT molecular complexity index is 989. The van der Waals surface area contributed by atoms with Crippen molar-refractivity contribution in [1.82, 2.24) is 5.32 Å². The Hall–Kier alpha value is -1.69. The Labute approximate surface area is 380 Å². The molecule has 5 heteroatoms. The predicted molar refractivity (Wildman–Crippen MR) is 268 cm³/mol. The zero-order chi connectivity index (χ0) is 44.4. The minimum atomic E-state index is -0.963. The van der Waals surface area contributed by atoms with E-state index in [0.29, 0.717) is 6.42 Å². The normalized spacial score (nSPS) is 13.7. The van der Waals surface area contributed by atoms with Gasteiger partial charge < -0.3 is 20.6 Å². The van der Waals surface area contributed by atoms with E-state index in [2.05, 4.69) is 55.6 Å². The van der Waals surface area contributed by atoms with Gasteiger partial charge in [-0.15, -0.1) is 0 Å². The molecule has 0 heterocycles. The lowest BCUT2D eigenvalue weighted by Gasteiger charge is -2.21. The van der Waals surface area contributed by atoms with Crippen molar-refractivity contribution in [1.29, 1.82) is 0 Å². The van der Waals surface area contributed by atoms with Crippen LogP contribution in [0.5, 0.6) is 0 Å². The number of unbranched alkanes of at least 4 members (excludes halogenated alkanes) is 34. The van der Waals surface area contributed by atoms with Gasteiger partial charge in [0.1, 0.15) is 0 Å². The van der Waals surface area contributed by atoms with E-state index in [1.54, 1.807) is 6.08 Å². The maximum absolute atomic E-state index is 12.5. The summed E-state index contributed by atoms with van der Waals surface area (Å²) in [5.41, 5.74) is 0. The number of amides is 1. The number of carbonyl (C=O) groups excluding carboxylic acids is 1. The van der Waals surface area contributed by atoms with Gasteiger partial charge in [-0.3, -0.25) is 4.79 Å². The van der Waals surface area contributed by atoms with Gasteiger partial charge in [-0.25, -0.2) is 0 Å². The molecule has 0 saturated heterocycles. The van der Waals surface area contributed by atoms with Crippen molar-refractivity contribution < 1.29 is 20.1 Å². The number of carbonyl (C=O) groups is 1. The maximum atomic E-state index is 12.5. The molecule has 0 rings (SSSR count). The molecule has 0 aromatic rings. The number of rotatable bonds is 49. The van der Waals surface area contributed by atoms with E-state index < -0.39 is 18.2 Å². The summed E-state index contributed by atoms with van der Waals surface area (Å²) in [6.45, 7) is 4.22. The molecule has 61 heavy (non-hydrogen) atoms. The van der Waals surface area contributed by atoms with Crippen molar-refractivity contribution in [2.45, 2.75) is 295 Å². The van der Waals surface area contributed by atoms with E-state index in [-0.39, 0.29) is 18.9 Å². The smallest absolute Gasteiger partial charge is 0.222 e. The second kappa shape index (κ2) is 50.9. The first-order chi connectivity index (χ1) is 30.0. The Kier molecular flexibility index (Phi) is 49.5. The van der Waals surface area contributed by atoms with Crippen molar-refractivity contribution in [2.75, 3.05) is 6.61 Å². The molecule has 0 aromatic carbocycles. The SMILES string of the molecule is CCCCCCCCCCCCCC/C=C\CCCCCCCCCC(O)CC(=O)NC(CO)C(O)/C=C/CC/C=C/CC/C=C/CCCCCCCCCCCCCCC. The zero-order valence-electron chi connectivity index (χ0n) is 40.8. The van der Waals surface area contributed by atoms with Crippen molar-refractivity contribution >= 4 is 5.91 Å². The number of hydrogen-bond acceptors (Lipinski definition) is 4. The van der Waals surface area contributed by atoms with Gasteiger partial charge in [0.05, 0.1) is 31.3 Å². The molecule has 1 amide bonds. The fraction of sp³-hybridized carbons (Fsp3) is 0.839. The fourth-order valence-corrected chi connectivity index (χ4v) is 8.19. The molecule has 0 bridgehead atoms. The van der Waals surface area contributed by atoms with Crippen LogP contribution in [-0.4, -0.2) is 46.1 Å². The van der Waals surface area contributed by atoms with E-state index in [9.17, 15) is 20.1 Å². The Morgan fingerprint density at radius 3 is 1.05 bits per heavy atom. The summed E-state index contributed by atoms with van der Waals surface area (Å²) < 4.78 is 0. The van der Waals surface area contributed by atoms with Crippen molar-refractivity contribution in [3.8, 4) is 0 Å². The zero-order valence-corrected chi connectivity index (χ0v) is 40.8. The van der Waals surface area contributed by atoms with Crippen LogP contribution in [0.2, 0.25) is 0 Å². The van der Waals surface area contributed by atoms with Gasteiger partial charge in [-0.05, 0) is 70.6 Å². The van der Waals surface area contributed by atoms with Crippen LogP contribution >= 0.6 is 0 Å².